The van der Waals surface area contributed by atoms with E-state index < -0.39 is 0 Å². The summed E-state index contributed by atoms with van der Waals surface area (Å²) in [4.78, 5) is 16.6. The first-order chi connectivity index (χ1) is 11.7. The van der Waals surface area contributed by atoms with Crippen molar-refractivity contribution in [3.05, 3.63) is 59.7 Å². The monoisotopic (exact) mass is 319 g/mol. The van der Waals surface area contributed by atoms with Crippen molar-refractivity contribution < 1.29 is 4.79 Å². The third-order valence-corrected chi connectivity index (χ3v) is 4.46. The first-order valence-electron chi connectivity index (χ1n) is 8.29. The highest BCUT2D eigenvalue weighted by molar-refractivity contribution is 6.00. The number of anilines is 2. The molecule has 3 rings (SSSR count). The van der Waals surface area contributed by atoms with E-state index in [2.05, 4.69) is 40.1 Å². The molecule has 0 atom stereocenters. The van der Waals surface area contributed by atoms with Gasteiger partial charge in [-0.25, -0.2) is 0 Å². The van der Waals surface area contributed by atoms with Gasteiger partial charge in [-0.05, 0) is 43.7 Å². The molecule has 2 aromatic carbocycles. The molecule has 0 saturated carbocycles. The molecule has 1 heterocycles. The molecule has 24 heavy (non-hydrogen) atoms. The molecule has 1 aliphatic heterocycles. The Kier molecular flexibility index (Phi) is 4.81. The molecule has 122 valence electrons. The second kappa shape index (κ2) is 7.18. The maximum atomic E-state index is 12.0. The number of para-hydroxylation sites is 1. The zero-order valence-electron chi connectivity index (χ0n) is 13.9. The maximum absolute atomic E-state index is 12.0. The third-order valence-electron chi connectivity index (χ3n) is 4.46. The summed E-state index contributed by atoms with van der Waals surface area (Å²) in [7, 11) is 0. The van der Waals surface area contributed by atoms with E-state index in [1.807, 2.05) is 12.1 Å². The minimum atomic E-state index is 0.0404. The Morgan fingerprint density at radius 3 is 2.42 bits per heavy atom. The van der Waals surface area contributed by atoms with Crippen LogP contribution in [0.25, 0.3) is 0 Å². The van der Waals surface area contributed by atoms with Gasteiger partial charge in [0.2, 0.25) is 0 Å². The van der Waals surface area contributed by atoms with Crippen LogP contribution in [0.3, 0.4) is 0 Å². The van der Waals surface area contributed by atoms with Crippen LogP contribution in [0.4, 0.5) is 11.4 Å². The number of nitriles is 1. The van der Waals surface area contributed by atoms with Crippen LogP contribution in [0.5, 0.6) is 0 Å². The lowest BCUT2D eigenvalue weighted by Gasteiger charge is -2.26. The van der Waals surface area contributed by atoms with Gasteiger partial charge < -0.3 is 9.80 Å². The first-order valence-corrected chi connectivity index (χ1v) is 8.29. The predicted octanol–water partition coefficient (Wildman–Crippen LogP) is 3.48. The molecule has 0 aromatic heterocycles. The summed E-state index contributed by atoms with van der Waals surface area (Å²) in [5.74, 6) is 0.0404. The summed E-state index contributed by atoms with van der Waals surface area (Å²) in [6, 6.07) is 17.9. The van der Waals surface area contributed by atoms with E-state index in [0.717, 1.165) is 38.3 Å². The van der Waals surface area contributed by atoms with E-state index in [9.17, 15) is 10.1 Å². The second-order valence-corrected chi connectivity index (χ2v) is 6.06. The number of benzene rings is 2. The number of hydrogen-bond donors (Lipinski definition) is 0. The summed E-state index contributed by atoms with van der Waals surface area (Å²) in [5, 5.41) is 9.17. The van der Waals surface area contributed by atoms with Crippen molar-refractivity contribution in [3.8, 4) is 6.07 Å². The molecule has 2 aromatic rings. The smallest absolute Gasteiger partial charge is 0.161 e. The van der Waals surface area contributed by atoms with Crippen molar-refractivity contribution in [1.82, 2.24) is 0 Å². The number of nitrogens with zero attached hydrogens (tertiary/aromatic N) is 3. The second-order valence-electron chi connectivity index (χ2n) is 6.06. The van der Waals surface area contributed by atoms with E-state index in [4.69, 9.17) is 0 Å². The van der Waals surface area contributed by atoms with Crippen LogP contribution in [0, 0.1) is 11.3 Å². The van der Waals surface area contributed by atoms with Gasteiger partial charge in [-0.3, -0.25) is 4.79 Å². The van der Waals surface area contributed by atoms with Crippen LogP contribution in [0.1, 0.15) is 29.3 Å². The van der Waals surface area contributed by atoms with Crippen molar-refractivity contribution in [2.24, 2.45) is 0 Å². The number of carbonyl (C=O) groups excluding carboxylic acids is 1. The van der Waals surface area contributed by atoms with Gasteiger partial charge in [-0.15, -0.1) is 0 Å². The topological polar surface area (TPSA) is 47.3 Å². The fourth-order valence-electron chi connectivity index (χ4n) is 3.22. The van der Waals surface area contributed by atoms with E-state index >= 15 is 0 Å². The average molecular weight is 319 g/mol. The van der Waals surface area contributed by atoms with Gasteiger partial charge in [-0.1, -0.05) is 18.2 Å². The fraction of sp³-hybridized carbons (Fsp3) is 0.300. The molecule has 0 unspecified atom stereocenters. The van der Waals surface area contributed by atoms with Crippen molar-refractivity contribution in [2.45, 2.75) is 13.3 Å². The van der Waals surface area contributed by atoms with Crippen LogP contribution >= 0.6 is 0 Å². The van der Waals surface area contributed by atoms with Gasteiger partial charge in [0, 0.05) is 43.1 Å². The first kappa shape index (κ1) is 16.1. The number of Topliss-reactive ketones (excluding diaryl/α,β-unsaturated/α-hetero) is 1. The van der Waals surface area contributed by atoms with E-state index in [-0.39, 0.29) is 5.78 Å². The molecular weight excluding hydrogens is 298 g/mol. The van der Waals surface area contributed by atoms with Gasteiger partial charge in [-0.2, -0.15) is 5.26 Å². The molecule has 1 fully saturated rings. The Labute approximate surface area is 142 Å². The Balaban J connectivity index is 1.84. The number of rotatable bonds is 3. The Hall–Kier alpha value is -2.80. The summed E-state index contributed by atoms with van der Waals surface area (Å²) in [6.07, 6.45) is 1.02. The molecule has 0 N–H and O–H groups in total. The molecular formula is C20H21N3O. The average Bonchev–Trinajstić information content (AvgIpc) is 2.88. The zero-order valence-corrected chi connectivity index (χ0v) is 13.9. The highest BCUT2D eigenvalue weighted by Crippen LogP contribution is 2.25. The van der Waals surface area contributed by atoms with Gasteiger partial charge >= 0.3 is 0 Å². The van der Waals surface area contributed by atoms with Crippen molar-refractivity contribution >= 4 is 17.2 Å². The number of carbonyl (C=O) groups is 1. The molecule has 1 saturated heterocycles. The molecule has 0 radical (unpaired) electrons. The summed E-state index contributed by atoms with van der Waals surface area (Å²) in [5.41, 5.74) is 3.41. The quantitative estimate of drug-likeness (QED) is 0.813. The van der Waals surface area contributed by atoms with Crippen molar-refractivity contribution in [2.75, 3.05) is 36.0 Å². The van der Waals surface area contributed by atoms with Crippen molar-refractivity contribution in [1.29, 1.82) is 5.26 Å². The molecule has 4 heteroatoms. The molecule has 0 amide bonds. The Morgan fingerprint density at radius 1 is 1.00 bits per heavy atom. The standard InChI is InChI=1S/C20H21N3O/c1-16(24)19-9-8-17(15-21)14-20(19)23-11-5-10-22(12-13-23)18-6-3-2-4-7-18/h2-4,6-9,14H,5,10-13H2,1H3. The van der Waals surface area contributed by atoms with Crippen LogP contribution in [0.15, 0.2) is 48.5 Å². The SMILES string of the molecule is CC(=O)c1ccc(C#N)cc1N1CCCN(c2ccccc2)CC1. The zero-order chi connectivity index (χ0) is 16.9. The minimum Gasteiger partial charge on any atom is -0.370 e. The molecule has 0 aliphatic carbocycles. The van der Waals surface area contributed by atoms with Crippen LogP contribution < -0.4 is 9.80 Å². The van der Waals surface area contributed by atoms with E-state index in [1.54, 1.807) is 19.1 Å². The van der Waals surface area contributed by atoms with Gasteiger partial charge in [0.25, 0.3) is 0 Å². The highest BCUT2D eigenvalue weighted by Gasteiger charge is 2.19. The fourth-order valence-corrected chi connectivity index (χ4v) is 3.22. The lowest BCUT2D eigenvalue weighted by Crippen LogP contribution is -2.31. The predicted molar refractivity (Wildman–Crippen MR) is 96.6 cm³/mol. The van der Waals surface area contributed by atoms with Gasteiger partial charge in [0.15, 0.2) is 5.78 Å². The van der Waals surface area contributed by atoms with Crippen LogP contribution in [0.2, 0.25) is 0 Å². The Morgan fingerprint density at radius 2 is 1.71 bits per heavy atom. The lowest BCUT2D eigenvalue weighted by molar-refractivity contribution is 0.101. The lowest BCUT2D eigenvalue weighted by atomic mass is 10.1. The van der Waals surface area contributed by atoms with Gasteiger partial charge in [0.05, 0.1) is 11.6 Å². The summed E-state index contributed by atoms with van der Waals surface area (Å²) < 4.78 is 0. The maximum Gasteiger partial charge on any atom is 0.161 e. The minimum absolute atomic E-state index is 0.0404. The molecule has 0 bridgehead atoms. The molecule has 4 nitrogen and oxygen atoms in total. The highest BCUT2D eigenvalue weighted by atomic mass is 16.1. The normalized spacial score (nSPS) is 14.8. The van der Waals surface area contributed by atoms with Crippen LogP contribution in [-0.2, 0) is 0 Å². The third kappa shape index (κ3) is 3.41. The molecule has 0 spiro atoms. The van der Waals surface area contributed by atoms with E-state index in [0.29, 0.717) is 11.1 Å². The van der Waals surface area contributed by atoms with Gasteiger partial charge in [0.1, 0.15) is 0 Å². The Bertz CT molecular complexity index is 764. The summed E-state index contributed by atoms with van der Waals surface area (Å²) in [6.45, 7) is 5.20. The number of ketones is 1. The van der Waals surface area contributed by atoms with E-state index in [1.165, 1.54) is 5.69 Å². The molecule has 1 aliphatic rings. The number of hydrogen-bond acceptors (Lipinski definition) is 4. The van der Waals surface area contributed by atoms with Crippen molar-refractivity contribution in [3.63, 3.8) is 0 Å². The summed E-state index contributed by atoms with van der Waals surface area (Å²) >= 11 is 0. The van der Waals surface area contributed by atoms with Crippen LogP contribution in [-0.4, -0.2) is 32.0 Å². The largest absolute Gasteiger partial charge is 0.370 e.